The van der Waals surface area contributed by atoms with E-state index in [0.29, 0.717) is 0 Å². The van der Waals surface area contributed by atoms with Crippen LogP contribution in [-0.2, 0) is 5.41 Å². The molecule has 10 aromatic rings. The Morgan fingerprint density at radius 1 is 0.441 bits per heavy atom. The largest absolute Gasteiger partial charge is 0.293 e. The van der Waals surface area contributed by atoms with Crippen LogP contribution in [0.1, 0.15) is 17.5 Å². The third-order valence-electron chi connectivity index (χ3n) is 13.1. The Kier molecular flexibility index (Phi) is 6.74. The maximum absolute atomic E-state index is 5.25. The predicted octanol–water partition coefficient (Wildman–Crippen LogP) is 14.9. The summed E-state index contributed by atoms with van der Waals surface area (Å²) in [6.45, 7) is 0. The monoisotopic (exact) mass is 748 g/mol. The van der Waals surface area contributed by atoms with E-state index in [9.17, 15) is 0 Å². The van der Waals surface area contributed by atoms with Crippen molar-refractivity contribution in [3.8, 4) is 55.9 Å². The van der Waals surface area contributed by atoms with Gasteiger partial charge in [0, 0.05) is 16.7 Å². The molecular weight excluding hydrogens is 713 g/mol. The lowest BCUT2D eigenvalue weighted by atomic mass is 9.71. The Hall–Kier alpha value is -7.55. The third-order valence-corrected chi connectivity index (χ3v) is 13.1. The number of nitrogens with zero attached hydrogens (tertiary/aromatic N) is 2. The zero-order chi connectivity index (χ0) is 38.7. The molecule has 2 heterocycles. The van der Waals surface area contributed by atoms with Gasteiger partial charge in [-0.2, -0.15) is 0 Å². The summed E-state index contributed by atoms with van der Waals surface area (Å²) in [4.78, 5) is 5.25. The highest BCUT2D eigenvalue weighted by molar-refractivity contribution is 6.23. The molecule has 0 amide bonds. The van der Waals surface area contributed by atoms with Crippen LogP contribution in [0.2, 0.25) is 0 Å². The van der Waals surface area contributed by atoms with Crippen LogP contribution >= 0.6 is 0 Å². The van der Waals surface area contributed by atoms with Crippen molar-refractivity contribution in [1.82, 2.24) is 9.55 Å². The second-order valence-corrected chi connectivity index (χ2v) is 16.3. The van der Waals surface area contributed by atoms with Crippen molar-refractivity contribution in [3.05, 3.63) is 211 Å². The fourth-order valence-corrected chi connectivity index (χ4v) is 10.7. The molecule has 0 saturated carbocycles. The van der Waals surface area contributed by atoms with E-state index in [2.05, 4.69) is 211 Å². The molecule has 2 nitrogen and oxygen atoms in total. The fraction of sp³-hybridized carbons (Fsp3) is 0.0351. The van der Waals surface area contributed by atoms with Crippen LogP contribution in [0.15, 0.2) is 200 Å². The van der Waals surface area contributed by atoms with E-state index in [-0.39, 0.29) is 5.41 Å². The maximum Gasteiger partial charge on any atom is 0.145 e. The van der Waals surface area contributed by atoms with Crippen LogP contribution in [0.5, 0.6) is 0 Å². The van der Waals surface area contributed by atoms with Crippen molar-refractivity contribution < 1.29 is 0 Å². The Morgan fingerprint density at radius 2 is 1.02 bits per heavy atom. The zero-order valence-electron chi connectivity index (χ0n) is 32.2. The highest BCUT2D eigenvalue weighted by Gasteiger charge is 2.40. The van der Waals surface area contributed by atoms with Crippen LogP contribution in [0.3, 0.4) is 0 Å². The van der Waals surface area contributed by atoms with Gasteiger partial charge in [0.15, 0.2) is 0 Å². The lowest BCUT2D eigenvalue weighted by Gasteiger charge is -2.33. The first-order valence-electron chi connectivity index (χ1n) is 20.6. The van der Waals surface area contributed by atoms with Gasteiger partial charge < -0.3 is 0 Å². The Morgan fingerprint density at radius 3 is 1.76 bits per heavy atom. The molecule has 274 valence electrons. The summed E-state index contributed by atoms with van der Waals surface area (Å²) >= 11 is 0. The average Bonchev–Trinajstić information content (AvgIpc) is 3.86. The summed E-state index contributed by atoms with van der Waals surface area (Å²) in [5.74, 6) is 0.973. The van der Waals surface area contributed by atoms with Crippen molar-refractivity contribution in [1.29, 1.82) is 0 Å². The summed E-state index contributed by atoms with van der Waals surface area (Å²) in [7, 11) is 0. The molecule has 1 unspecified atom stereocenters. The smallest absolute Gasteiger partial charge is 0.145 e. The number of para-hydroxylation sites is 2. The van der Waals surface area contributed by atoms with Gasteiger partial charge in [0.2, 0.25) is 0 Å². The molecule has 1 atom stereocenters. The first-order valence-corrected chi connectivity index (χ1v) is 20.6. The number of hydrogen-bond acceptors (Lipinski definition) is 1. The van der Waals surface area contributed by atoms with Crippen LogP contribution in [-0.4, -0.2) is 9.55 Å². The molecule has 1 aliphatic heterocycles. The number of benzene rings is 9. The van der Waals surface area contributed by atoms with Crippen molar-refractivity contribution in [3.63, 3.8) is 0 Å². The summed E-state index contributed by atoms with van der Waals surface area (Å²) < 4.78 is 2.37. The van der Waals surface area contributed by atoms with Gasteiger partial charge >= 0.3 is 0 Å². The molecule has 9 aromatic carbocycles. The van der Waals surface area contributed by atoms with Gasteiger partial charge in [0.1, 0.15) is 5.82 Å². The lowest BCUT2D eigenvalue weighted by molar-refractivity contribution is 0.688. The average molecular weight is 749 g/mol. The topological polar surface area (TPSA) is 17.8 Å². The van der Waals surface area contributed by atoms with Crippen LogP contribution in [0.25, 0.3) is 111 Å². The van der Waals surface area contributed by atoms with E-state index >= 15 is 0 Å². The molecule has 0 N–H and O–H groups in total. The van der Waals surface area contributed by atoms with Crippen molar-refractivity contribution >= 4 is 55.1 Å². The van der Waals surface area contributed by atoms with Crippen LogP contribution in [0.4, 0.5) is 0 Å². The lowest BCUT2D eigenvalue weighted by Crippen LogP contribution is -2.23. The van der Waals surface area contributed by atoms with Crippen molar-refractivity contribution in [2.24, 2.45) is 0 Å². The maximum atomic E-state index is 5.25. The SMILES string of the molecule is C1=CC2=CC3(C=Cc4c3c(c3ccccc3c4-c3ccc4c(-c5ccccc5)c5ccccc5c(-c5ccccc5)c4c3)-c3cccc(c3)-c3nc4ccccc4n32)C1. The molecular formula is C57H36N2. The minimum Gasteiger partial charge on any atom is -0.293 e. The van der Waals surface area contributed by atoms with Gasteiger partial charge in [-0.3, -0.25) is 4.57 Å². The van der Waals surface area contributed by atoms with Gasteiger partial charge in [-0.05, 0) is 131 Å². The Balaban J connectivity index is 1.16. The molecule has 1 aromatic heterocycles. The zero-order valence-corrected chi connectivity index (χ0v) is 32.2. The summed E-state index contributed by atoms with van der Waals surface area (Å²) in [5.41, 5.74) is 16.8. The Labute approximate surface area is 342 Å². The number of aromatic nitrogens is 2. The minimum absolute atomic E-state index is 0.341. The Bertz CT molecular complexity index is 3510. The van der Waals surface area contributed by atoms with E-state index in [1.807, 2.05) is 0 Å². The van der Waals surface area contributed by atoms with Crippen molar-refractivity contribution in [2.45, 2.75) is 11.8 Å². The van der Waals surface area contributed by atoms with Gasteiger partial charge in [0.05, 0.1) is 11.0 Å². The molecule has 0 radical (unpaired) electrons. The normalized spacial score (nSPS) is 16.1. The molecule has 0 saturated heterocycles. The summed E-state index contributed by atoms with van der Waals surface area (Å²) in [5, 5.41) is 7.58. The van der Waals surface area contributed by atoms with Gasteiger partial charge in [-0.15, -0.1) is 0 Å². The first kappa shape index (κ1) is 32.5. The van der Waals surface area contributed by atoms with E-state index in [1.54, 1.807) is 0 Å². The van der Waals surface area contributed by atoms with E-state index < -0.39 is 0 Å². The number of imidazole rings is 1. The molecule has 0 fully saturated rings. The van der Waals surface area contributed by atoms with Gasteiger partial charge in [-0.1, -0.05) is 170 Å². The van der Waals surface area contributed by atoms with E-state index in [0.717, 1.165) is 34.5 Å². The molecule has 13 rings (SSSR count). The predicted molar refractivity (Wildman–Crippen MR) is 248 cm³/mol. The minimum atomic E-state index is -0.341. The quantitative estimate of drug-likeness (QED) is 0.165. The molecule has 3 aliphatic rings. The van der Waals surface area contributed by atoms with Gasteiger partial charge in [0.25, 0.3) is 0 Å². The summed E-state index contributed by atoms with van der Waals surface area (Å²) in [6.07, 6.45) is 13.0. The summed E-state index contributed by atoms with van der Waals surface area (Å²) in [6, 6.07) is 64.8. The second-order valence-electron chi connectivity index (χ2n) is 16.3. The standard InChI is InChI=1S/C57H36N2/c1-3-15-36(16-4-1)51-42-22-7-8-23-43(42)52(37-17-5-2-6-18-37)48-34-39(28-29-46(48)51)53-44-24-9-10-25-45(44)54-38-19-13-20-40(33-38)56-58-49-26-11-12-27-50(49)59(56)41-21-14-31-57(35-41)32-30-47(53)55(54)57/h1-30,32-35H,31H2. The van der Waals surface area contributed by atoms with E-state index in [4.69, 9.17) is 4.98 Å². The molecule has 2 heteroatoms. The highest BCUT2D eigenvalue weighted by atomic mass is 15.1. The van der Waals surface area contributed by atoms with E-state index in [1.165, 1.54) is 88.0 Å². The van der Waals surface area contributed by atoms with Gasteiger partial charge in [-0.25, -0.2) is 4.98 Å². The molecule has 1 spiro atoms. The number of fused-ring (bicyclic) bond motifs is 12. The molecule has 4 bridgehead atoms. The van der Waals surface area contributed by atoms with Crippen LogP contribution in [0, 0.1) is 0 Å². The number of rotatable bonds is 3. The second kappa shape index (κ2) is 12.2. The number of allylic oxidation sites excluding steroid dienone is 5. The fourth-order valence-electron chi connectivity index (χ4n) is 10.7. The molecule has 2 aliphatic carbocycles. The third kappa shape index (κ3) is 4.60. The van der Waals surface area contributed by atoms with Crippen LogP contribution < -0.4 is 0 Å². The number of hydrogen-bond donors (Lipinski definition) is 0. The van der Waals surface area contributed by atoms with Crippen molar-refractivity contribution in [2.75, 3.05) is 0 Å². The first-order chi connectivity index (χ1) is 29.2. The highest BCUT2D eigenvalue weighted by Crippen LogP contribution is 2.55. The molecule has 59 heavy (non-hydrogen) atoms.